The first-order chi connectivity index (χ1) is 12.8. The number of aryl methyl sites for hydroxylation is 1. The van der Waals surface area contributed by atoms with Gasteiger partial charge in [0.15, 0.2) is 9.84 Å². The van der Waals surface area contributed by atoms with E-state index >= 15 is 0 Å². The third-order valence-corrected chi connectivity index (χ3v) is 8.01. The summed E-state index contributed by atoms with van der Waals surface area (Å²) in [6.45, 7) is 2.02. The minimum absolute atomic E-state index is 0.0714. The van der Waals surface area contributed by atoms with Gasteiger partial charge in [0.1, 0.15) is 0 Å². The van der Waals surface area contributed by atoms with Crippen LogP contribution in [0.15, 0.2) is 82.6 Å². The van der Waals surface area contributed by atoms with Crippen molar-refractivity contribution in [2.24, 2.45) is 0 Å². The van der Waals surface area contributed by atoms with E-state index in [1.807, 2.05) is 61.5 Å². The molecule has 0 N–H and O–H groups in total. The Balaban J connectivity index is 1.95. The van der Waals surface area contributed by atoms with Gasteiger partial charge in [-0.1, -0.05) is 71.2 Å². The maximum atomic E-state index is 13.1. The van der Waals surface area contributed by atoms with E-state index in [0.717, 1.165) is 16.0 Å². The Kier molecular flexibility index (Phi) is 6.53. The molecule has 0 aliphatic rings. The summed E-state index contributed by atoms with van der Waals surface area (Å²) >= 11 is 13.7. The van der Waals surface area contributed by atoms with Gasteiger partial charge in [0.05, 0.1) is 15.7 Å². The highest BCUT2D eigenvalue weighted by atomic mass is 35.5. The molecule has 3 rings (SSSR count). The second-order valence-corrected chi connectivity index (χ2v) is 10.3. The number of halogens is 2. The second kappa shape index (κ2) is 8.70. The zero-order chi connectivity index (χ0) is 19.4. The highest BCUT2D eigenvalue weighted by molar-refractivity contribution is 8.01. The summed E-state index contributed by atoms with van der Waals surface area (Å²) in [5, 5.41) is 0.265. The predicted molar refractivity (Wildman–Crippen MR) is 115 cm³/mol. The minimum atomic E-state index is -3.63. The third kappa shape index (κ3) is 5.29. The van der Waals surface area contributed by atoms with Crippen LogP contribution in [-0.2, 0) is 9.84 Å². The van der Waals surface area contributed by atoms with E-state index in [1.54, 1.807) is 6.07 Å². The zero-order valence-corrected chi connectivity index (χ0v) is 17.7. The maximum absolute atomic E-state index is 13.1. The van der Waals surface area contributed by atoms with Crippen LogP contribution in [0.25, 0.3) is 0 Å². The van der Waals surface area contributed by atoms with Crippen LogP contribution in [-0.4, -0.2) is 14.2 Å². The summed E-state index contributed by atoms with van der Waals surface area (Å²) in [6, 6.07) is 22.2. The molecule has 3 aromatic carbocycles. The Hall–Kier alpha value is -1.46. The van der Waals surface area contributed by atoms with E-state index in [-0.39, 0.29) is 20.9 Å². The van der Waals surface area contributed by atoms with Gasteiger partial charge in [0, 0.05) is 15.2 Å². The Labute approximate surface area is 174 Å². The lowest BCUT2D eigenvalue weighted by atomic mass is 10.2. The fourth-order valence-corrected chi connectivity index (χ4v) is 6.53. The number of thioether (sulfide) groups is 1. The van der Waals surface area contributed by atoms with E-state index < -0.39 is 9.84 Å². The van der Waals surface area contributed by atoms with Crippen LogP contribution in [0.3, 0.4) is 0 Å². The average molecular weight is 437 g/mol. The molecule has 0 aliphatic heterocycles. The summed E-state index contributed by atoms with van der Waals surface area (Å²) in [4.78, 5) is 1.09. The Morgan fingerprint density at radius 2 is 1.59 bits per heavy atom. The van der Waals surface area contributed by atoms with Crippen LogP contribution in [0.2, 0.25) is 10.0 Å². The van der Waals surface area contributed by atoms with Crippen LogP contribution >= 0.6 is 35.0 Å². The van der Waals surface area contributed by atoms with Crippen molar-refractivity contribution < 1.29 is 8.42 Å². The van der Waals surface area contributed by atoms with Gasteiger partial charge in [-0.3, -0.25) is 0 Å². The van der Waals surface area contributed by atoms with E-state index in [0.29, 0.717) is 5.02 Å². The number of sulfone groups is 1. The molecule has 140 valence electrons. The molecule has 3 aromatic rings. The molecule has 0 aliphatic carbocycles. The highest BCUT2D eigenvalue weighted by Crippen LogP contribution is 2.38. The molecule has 0 radical (unpaired) electrons. The molecule has 0 fully saturated rings. The van der Waals surface area contributed by atoms with Crippen LogP contribution in [0.4, 0.5) is 0 Å². The first-order valence-electron chi connectivity index (χ1n) is 8.31. The quantitative estimate of drug-likeness (QED) is 0.407. The largest absolute Gasteiger partial charge is 0.224 e. The van der Waals surface area contributed by atoms with Gasteiger partial charge in [0.25, 0.3) is 0 Å². The summed E-state index contributed by atoms with van der Waals surface area (Å²) < 4.78 is 26.2. The van der Waals surface area contributed by atoms with Gasteiger partial charge in [-0.05, 0) is 42.8 Å². The molecule has 27 heavy (non-hydrogen) atoms. The standard InChI is InChI=1S/C21H18Cl2O2S2/c1-15-7-10-18(11-8-15)26-20(16-5-3-2-4-6-16)14-27(24,25)21-13-17(22)9-12-19(21)23/h2-13,20H,14H2,1H3. The molecule has 0 amide bonds. The lowest BCUT2D eigenvalue weighted by molar-refractivity contribution is 0.595. The molecule has 0 bridgehead atoms. The second-order valence-electron chi connectivity index (χ2n) is 6.19. The molecule has 0 saturated carbocycles. The Morgan fingerprint density at radius 1 is 0.926 bits per heavy atom. The van der Waals surface area contributed by atoms with Gasteiger partial charge in [-0.25, -0.2) is 8.42 Å². The predicted octanol–water partition coefficient (Wildman–Crippen LogP) is 6.61. The monoisotopic (exact) mass is 436 g/mol. The fraction of sp³-hybridized carbons (Fsp3) is 0.143. The van der Waals surface area contributed by atoms with Crippen molar-refractivity contribution in [3.05, 3.63) is 94.0 Å². The Morgan fingerprint density at radius 3 is 2.26 bits per heavy atom. The fourth-order valence-electron chi connectivity index (χ4n) is 2.65. The van der Waals surface area contributed by atoms with Crippen molar-refractivity contribution in [1.29, 1.82) is 0 Å². The lowest BCUT2D eigenvalue weighted by Crippen LogP contribution is -2.13. The lowest BCUT2D eigenvalue weighted by Gasteiger charge is -2.18. The summed E-state index contributed by atoms with van der Waals surface area (Å²) in [7, 11) is -3.63. The van der Waals surface area contributed by atoms with Crippen LogP contribution in [0.1, 0.15) is 16.4 Å². The van der Waals surface area contributed by atoms with Gasteiger partial charge in [-0.2, -0.15) is 0 Å². The van der Waals surface area contributed by atoms with Gasteiger partial charge in [0.2, 0.25) is 0 Å². The number of rotatable bonds is 6. The molecule has 1 atom stereocenters. The SMILES string of the molecule is Cc1ccc(SC(CS(=O)(=O)c2cc(Cl)ccc2Cl)c2ccccc2)cc1. The minimum Gasteiger partial charge on any atom is -0.224 e. The van der Waals surface area contributed by atoms with Gasteiger partial charge < -0.3 is 0 Å². The third-order valence-electron chi connectivity index (χ3n) is 4.07. The smallest absolute Gasteiger partial charge is 0.181 e. The Bertz CT molecular complexity index is 1020. The molecule has 6 heteroatoms. The van der Waals surface area contributed by atoms with Crippen molar-refractivity contribution in [2.75, 3.05) is 5.75 Å². The van der Waals surface area contributed by atoms with Crippen molar-refractivity contribution >= 4 is 44.8 Å². The van der Waals surface area contributed by atoms with E-state index in [1.165, 1.54) is 23.9 Å². The molecular formula is C21H18Cl2O2S2. The molecule has 0 heterocycles. The number of benzene rings is 3. The molecule has 0 spiro atoms. The summed E-state index contributed by atoms with van der Waals surface area (Å²) in [5.74, 6) is -0.0738. The van der Waals surface area contributed by atoms with Crippen molar-refractivity contribution in [3.63, 3.8) is 0 Å². The van der Waals surface area contributed by atoms with Crippen molar-refractivity contribution in [2.45, 2.75) is 22.0 Å². The highest BCUT2D eigenvalue weighted by Gasteiger charge is 2.26. The molecule has 2 nitrogen and oxygen atoms in total. The van der Waals surface area contributed by atoms with Gasteiger partial charge in [-0.15, -0.1) is 11.8 Å². The molecule has 1 unspecified atom stereocenters. The van der Waals surface area contributed by atoms with Gasteiger partial charge >= 0.3 is 0 Å². The number of hydrogen-bond donors (Lipinski definition) is 0. The zero-order valence-electron chi connectivity index (χ0n) is 14.6. The van der Waals surface area contributed by atoms with Crippen LogP contribution in [0, 0.1) is 6.92 Å². The molecule has 0 saturated heterocycles. The first-order valence-corrected chi connectivity index (χ1v) is 11.6. The van der Waals surface area contributed by atoms with E-state index in [9.17, 15) is 8.42 Å². The van der Waals surface area contributed by atoms with Crippen LogP contribution < -0.4 is 0 Å². The van der Waals surface area contributed by atoms with Crippen LogP contribution in [0.5, 0.6) is 0 Å². The topological polar surface area (TPSA) is 34.1 Å². The summed E-state index contributed by atoms with van der Waals surface area (Å²) in [6.07, 6.45) is 0. The average Bonchev–Trinajstić information content (AvgIpc) is 2.65. The van der Waals surface area contributed by atoms with E-state index in [2.05, 4.69) is 0 Å². The number of hydrogen-bond acceptors (Lipinski definition) is 3. The van der Waals surface area contributed by atoms with E-state index in [4.69, 9.17) is 23.2 Å². The summed E-state index contributed by atoms with van der Waals surface area (Å²) in [5.41, 5.74) is 2.11. The first kappa shape index (κ1) is 20.3. The molecule has 0 aromatic heterocycles. The normalized spacial score (nSPS) is 12.7. The molecular weight excluding hydrogens is 419 g/mol. The maximum Gasteiger partial charge on any atom is 0.181 e. The van der Waals surface area contributed by atoms with Crippen molar-refractivity contribution in [3.8, 4) is 0 Å². The van der Waals surface area contributed by atoms with Crippen molar-refractivity contribution in [1.82, 2.24) is 0 Å².